The molecule has 1 fully saturated rings. The number of fused-ring (bicyclic) bond motifs is 1. The molecule has 0 spiro atoms. The molecule has 1 aromatic carbocycles. The van der Waals surface area contributed by atoms with E-state index in [2.05, 4.69) is 4.99 Å². The lowest BCUT2D eigenvalue weighted by molar-refractivity contribution is -0.132. The number of anilines is 1. The van der Waals surface area contributed by atoms with E-state index < -0.39 is 0 Å². The van der Waals surface area contributed by atoms with Crippen molar-refractivity contribution in [3.05, 3.63) is 51.9 Å². The number of halogens is 1. The molecule has 3 heterocycles. The summed E-state index contributed by atoms with van der Waals surface area (Å²) in [6.07, 6.45) is 3.24. The SMILES string of the molecule is O=C(CN1C(=O)CN=C(c2ccc(Cl)cc2)c2ccsc21)N1CCCCC1. The first-order valence-corrected chi connectivity index (χ1v) is 10.4. The Morgan fingerprint density at radius 3 is 2.59 bits per heavy atom. The van der Waals surface area contributed by atoms with Gasteiger partial charge in [-0.3, -0.25) is 19.5 Å². The number of aliphatic imine (C=N–C) groups is 1. The zero-order valence-electron chi connectivity index (χ0n) is 14.9. The number of amides is 2. The summed E-state index contributed by atoms with van der Waals surface area (Å²) in [5.74, 6) is -0.134. The molecule has 1 aromatic heterocycles. The van der Waals surface area contributed by atoms with Crippen molar-refractivity contribution in [1.29, 1.82) is 0 Å². The molecule has 2 aliphatic rings. The molecule has 4 rings (SSSR count). The summed E-state index contributed by atoms with van der Waals surface area (Å²) in [5, 5.41) is 3.38. The van der Waals surface area contributed by atoms with E-state index in [1.165, 1.54) is 17.8 Å². The first kappa shape index (κ1) is 18.2. The fourth-order valence-electron chi connectivity index (χ4n) is 3.51. The van der Waals surface area contributed by atoms with Crippen LogP contribution in [0.5, 0.6) is 0 Å². The predicted octanol–water partition coefficient (Wildman–Crippen LogP) is 3.60. The van der Waals surface area contributed by atoms with Gasteiger partial charge in [-0.15, -0.1) is 11.3 Å². The molecule has 5 nitrogen and oxygen atoms in total. The Kier molecular flexibility index (Phi) is 5.27. The highest BCUT2D eigenvalue weighted by atomic mass is 35.5. The molecule has 2 aliphatic heterocycles. The van der Waals surface area contributed by atoms with Crippen LogP contribution >= 0.6 is 22.9 Å². The number of piperidine rings is 1. The van der Waals surface area contributed by atoms with E-state index in [1.54, 1.807) is 4.90 Å². The van der Waals surface area contributed by atoms with Gasteiger partial charge in [-0.1, -0.05) is 23.7 Å². The molecule has 2 aromatic rings. The minimum absolute atomic E-state index is 0.0114. The number of carbonyl (C=O) groups excluding carboxylic acids is 2. The van der Waals surface area contributed by atoms with Gasteiger partial charge in [0.2, 0.25) is 11.8 Å². The van der Waals surface area contributed by atoms with Crippen LogP contribution < -0.4 is 4.90 Å². The molecule has 27 heavy (non-hydrogen) atoms. The molecular formula is C20H20ClN3O2S. The Balaban J connectivity index is 1.62. The lowest BCUT2D eigenvalue weighted by Crippen LogP contribution is -2.45. The van der Waals surface area contributed by atoms with Crippen molar-refractivity contribution in [2.75, 3.05) is 31.1 Å². The fraction of sp³-hybridized carbons (Fsp3) is 0.350. The van der Waals surface area contributed by atoms with Gasteiger partial charge in [0, 0.05) is 29.2 Å². The van der Waals surface area contributed by atoms with Crippen LogP contribution in [0.3, 0.4) is 0 Å². The van der Waals surface area contributed by atoms with Crippen molar-refractivity contribution in [3.8, 4) is 0 Å². The molecule has 0 radical (unpaired) electrons. The molecule has 2 amide bonds. The van der Waals surface area contributed by atoms with E-state index in [0.29, 0.717) is 5.02 Å². The highest BCUT2D eigenvalue weighted by Gasteiger charge is 2.29. The number of nitrogens with zero attached hydrogens (tertiary/aromatic N) is 3. The highest BCUT2D eigenvalue weighted by Crippen LogP contribution is 2.32. The van der Waals surface area contributed by atoms with Gasteiger partial charge in [-0.2, -0.15) is 0 Å². The Morgan fingerprint density at radius 1 is 1.11 bits per heavy atom. The van der Waals surface area contributed by atoms with Gasteiger partial charge < -0.3 is 4.90 Å². The minimum atomic E-state index is -0.145. The first-order chi connectivity index (χ1) is 13.1. The number of benzene rings is 1. The van der Waals surface area contributed by atoms with E-state index in [1.807, 2.05) is 40.6 Å². The molecule has 0 atom stereocenters. The maximum atomic E-state index is 12.8. The summed E-state index contributed by atoms with van der Waals surface area (Å²) in [5.41, 5.74) is 2.57. The van der Waals surface area contributed by atoms with Crippen LogP contribution in [-0.4, -0.2) is 48.6 Å². The van der Waals surface area contributed by atoms with Crippen LogP contribution in [0.2, 0.25) is 5.02 Å². The normalized spacial score (nSPS) is 17.4. The van der Waals surface area contributed by atoms with E-state index in [-0.39, 0.29) is 24.9 Å². The second-order valence-electron chi connectivity index (χ2n) is 6.73. The molecule has 1 saturated heterocycles. The summed E-state index contributed by atoms with van der Waals surface area (Å²) in [4.78, 5) is 33.5. The van der Waals surface area contributed by atoms with E-state index in [4.69, 9.17) is 11.6 Å². The zero-order valence-corrected chi connectivity index (χ0v) is 16.4. The molecule has 7 heteroatoms. The summed E-state index contributed by atoms with van der Waals surface area (Å²) in [7, 11) is 0. The van der Waals surface area contributed by atoms with Gasteiger partial charge in [0.25, 0.3) is 0 Å². The third-order valence-electron chi connectivity index (χ3n) is 4.94. The molecule has 0 saturated carbocycles. The van der Waals surface area contributed by atoms with Crippen molar-refractivity contribution in [2.24, 2.45) is 4.99 Å². The second-order valence-corrected chi connectivity index (χ2v) is 8.06. The van der Waals surface area contributed by atoms with E-state index >= 15 is 0 Å². The van der Waals surface area contributed by atoms with Gasteiger partial charge >= 0.3 is 0 Å². The predicted molar refractivity (Wildman–Crippen MR) is 109 cm³/mol. The number of hydrogen-bond donors (Lipinski definition) is 0. The minimum Gasteiger partial charge on any atom is -0.341 e. The second kappa shape index (κ2) is 7.82. The van der Waals surface area contributed by atoms with Crippen molar-refractivity contribution in [2.45, 2.75) is 19.3 Å². The number of rotatable bonds is 3. The van der Waals surface area contributed by atoms with E-state index in [9.17, 15) is 9.59 Å². The lowest BCUT2D eigenvalue weighted by atomic mass is 10.0. The Morgan fingerprint density at radius 2 is 1.85 bits per heavy atom. The monoisotopic (exact) mass is 401 g/mol. The third kappa shape index (κ3) is 3.77. The first-order valence-electron chi connectivity index (χ1n) is 9.10. The number of hydrogen-bond acceptors (Lipinski definition) is 4. The molecule has 0 aliphatic carbocycles. The maximum Gasteiger partial charge on any atom is 0.249 e. The van der Waals surface area contributed by atoms with Crippen LogP contribution in [0, 0.1) is 0 Å². The lowest BCUT2D eigenvalue weighted by Gasteiger charge is -2.29. The van der Waals surface area contributed by atoms with Crippen LogP contribution in [0.15, 0.2) is 40.7 Å². The maximum absolute atomic E-state index is 12.8. The number of thiophene rings is 1. The molecule has 0 N–H and O–H groups in total. The van der Waals surface area contributed by atoms with Crippen LogP contribution in [0.4, 0.5) is 5.00 Å². The van der Waals surface area contributed by atoms with Crippen LogP contribution in [0.1, 0.15) is 30.4 Å². The Labute approximate surface area is 167 Å². The number of carbonyl (C=O) groups is 2. The summed E-state index contributed by atoms with van der Waals surface area (Å²) in [6, 6.07) is 9.40. The molecular weight excluding hydrogens is 382 g/mol. The van der Waals surface area contributed by atoms with Crippen LogP contribution in [-0.2, 0) is 9.59 Å². The number of likely N-dealkylation sites (tertiary alicyclic amines) is 1. The van der Waals surface area contributed by atoms with Gasteiger partial charge in [-0.25, -0.2) is 0 Å². The van der Waals surface area contributed by atoms with Gasteiger partial charge in [0.05, 0.1) is 5.71 Å². The molecule has 0 bridgehead atoms. The van der Waals surface area contributed by atoms with Crippen molar-refractivity contribution in [1.82, 2.24) is 4.90 Å². The van der Waals surface area contributed by atoms with Crippen molar-refractivity contribution in [3.63, 3.8) is 0 Å². The molecule has 140 valence electrons. The largest absolute Gasteiger partial charge is 0.341 e. The van der Waals surface area contributed by atoms with Gasteiger partial charge in [0.1, 0.15) is 18.1 Å². The summed E-state index contributed by atoms with van der Waals surface area (Å²) >= 11 is 7.47. The van der Waals surface area contributed by atoms with Crippen LogP contribution in [0.25, 0.3) is 0 Å². The van der Waals surface area contributed by atoms with Crippen molar-refractivity contribution >= 4 is 45.5 Å². The third-order valence-corrected chi connectivity index (χ3v) is 6.13. The molecule has 0 unspecified atom stereocenters. The van der Waals surface area contributed by atoms with Gasteiger partial charge in [-0.05, 0) is 42.8 Å². The Hall–Kier alpha value is -2.18. The summed E-state index contributed by atoms with van der Waals surface area (Å²) < 4.78 is 0. The fourth-order valence-corrected chi connectivity index (χ4v) is 4.56. The topological polar surface area (TPSA) is 53.0 Å². The Bertz CT molecular complexity index is 885. The average molecular weight is 402 g/mol. The van der Waals surface area contributed by atoms with E-state index in [0.717, 1.165) is 47.8 Å². The smallest absolute Gasteiger partial charge is 0.249 e. The highest BCUT2D eigenvalue weighted by molar-refractivity contribution is 7.15. The summed E-state index contributed by atoms with van der Waals surface area (Å²) in [6.45, 7) is 1.68. The van der Waals surface area contributed by atoms with Gasteiger partial charge in [0.15, 0.2) is 0 Å². The van der Waals surface area contributed by atoms with Crippen molar-refractivity contribution < 1.29 is 9.59 Å². The quantitative estimate of drug-likeness (QED) is 0.789. The standard InChI is InChI=1S/C20H20ClN3O2S/c21-15-6-4-14(5-7-15)19-16-8-11-27-20(16)24(17(25)12-22-19)13-18(26)23-9-2-1-3-10-23/h4-8,11H,1-3,9-10,12-13H2. The zero-order chi connectivity index (χ0) is 18.8. The average Bonchev–Trinajstić information content (AvgIpc) is 3.12.